The number of carbonyl (C=O) groups is 1. The van der Waals surface area contributed by atoms with E-state index in [0.717, 1.165) is 12.5 Å². The third-order valence-electron chi connectivity index (χ3n) is 5.74. The first-order chi connectivity index (χ1) is 14.5. The van der Waals surface area contributed by atoms with Crippen LogP contribution in [-0.2, 0) is 0 Å². The molecule has 1 fully saturated rings. The molecule has 3 atom stereocenters. The Balaban J connectivity index is 1.53. The van der Waals surface area contributed by atoms with E-state index in [1.54, 1.807) is 0 Å². The molecule has 168 valence electrons. The molecule has 4 rings (SSSR count). The molecule has 3 heterocycles. The van der Waals surface area contributed by atoms with Gasteiger partial charge in [-0.2, -0.15) is 13.2 Å². The van der Waals surface area contributed by atoms with Gasteiger partial charge in [-0.3, -0.25) is 0 Å². The summed E-state index contributed by atoms with van der Waals surface area (Å²) in [5.41, 5.74) is -0.588. The van der Waals surface area contributed by atoms with Crippen molar-refractivity contribution >= 4 is 17.0 Å². The molecule has 1 aromatic heterocycles. The van der Waals surface area contributed by atoms with Gasteiger partial charge in [0.25, 0.3) is 0 Å². The van der Waals surface area contributed by atoms with E-state index in [9.17, 15) is 26.7 Å². The van der Waals surface area contributed by atoms with Crippen molar-refractivity contribution < 1.29 is 31.2 Å². The third kappa shape index (κ3) is 4.00. The van der Waals surface area contributed by atoms with Crippen molar-refractivity contribution in [3.8, 4) is 0 Å². The zero-order valence-corrected chi connectivity index (χ0v) is 16.8. The van der Waals surface area contributed by atoms with Crippen molar-refractivity contribution in [1.29, 1.82) is 0 Å². The van der Waals surface area contributed by atoms with Gasteiger partial charge < -0.3 is 24.9 Å². The number of aryl methyl sites for hydroxylation is 1. The number of benzene rings is 1. The van der Waals surface area contributed by atoms with Crippen LogP contribution in [0.3, 0.4) is 0 Å². The maximum atomic E-state index is 14.0. The summed E-state index contributed by atoms with van der Waals surface area (Å²) in [4.78, 5) is 16.4. The Labute approximate surface area is 174 Å². The molecule has 0 spiro atoms. The lowest BCUT2D eigenvalue weighted by atomic mass is 10.0. The summed E-state index contributed by atoms with van der Waals surface area (Å²) in [5.74, 6) is -2.74. The highest BCUT2D eigenvalue weighted by atomic mass is 19.4. The summed E-state index contributed by atoms with van der Waals surface area (Å²) in [6.45, 7) is 1.72. The number of nitrogens with zero attached hydrogens (tertiary/aromatic N) is 2. The number of hydrogen-bond donors (Lipinski definition) is 2. The van der Waals surface area contributed by atoms with E-state index >= 15 is 0 Å². The first-order valence-electron chi connectivity index (χ1n) is 9.72. The fourth-order valence-electron chi connectivity index (χ4n) is 4.18. The van der Waals surface area contributed by atoms with Crippen LogP contribution < -0.4 is 10.6 Å². The second-order valence-electron chi connectivity index (χ2n) is 7.86. The first-order valence-corrected chi connectivity index (χ1v) is 9.72. The zero-order chi connectivity index (χ0) is 22.5. The van der Waals surface area contributed by atoms with Crippen LogP contribution in [0.2, 0.25) is 0 Å². The molecule has 31 heavy (non-hydrogen) atoms. The Hall–Kier alpha value is -2.98. The van der Waals surface area contributed by atoms with Crippen LogP contribution in [0.15, 0.2) is 28.9 Å². The maximum absolute atomic E-state index is 14.0. The van der Waals surface area contributed by atoms with Gasteiger partial charge in [0.1, 0.15) is 17.7 Å². The molecule has 0 radical (unpaired) electrons. The lowest BCUT2D eigenvalue weighted by Crippen LogP contribution is -2.54. The number of rotatable bonds is 3. The van der Waals surface area contributed by atoms with Gasteiger partial charge in [0.05, 0.1) is 0 Å². The minimum Gasteiger partial charge on any atom is -0.455 e. The van der Waals surface area contributed by atoms with Crippen LogP contribution in [0.25, 0.3) is 11.0 Å². The smallest absolute Gasteiger partial charge is 0.416 e. The summed E-state index contributed by atoms with van der Waals surface area (Å²) in [6.07, 6.45) is 0.385. The minimum absolute atomic E-state index is 0.0956. The molecule has 2 aromatic rings. The quantitative estimate of drug-likeness (QED) is 0.699. The zero-order valence-electron chi connectivity index (χ0n) is 16.8. The maximum Gasteiger partial charge on any atom is 0.416 e. The summed E-state index contributed by atoms with van der Waals surface area (Å²) in [5, 5.41) is 4.35. The number of fused-ring (bicyclic) bond motifs is 2. The van der Waals surface area contributed by atoms with Crippen molar-refractivity contribution in [1.82, 2.24) is 20.4 Å². The molecule has 2 unspecified atom stereocenters. The fourth-order valence-corrected chi connectivity index (χ4v) is 4.18. The second kappa shape index (κ2) is 7.61. The van der Waals surface area contributed by atoms with E-state index in [1.165, 1.54) is 6.92 Å². The number of alkyl halides is 3. The van der Waals surface area contributed by atoms with E-state index < -0.39 is 41.2 Å². The number of furan rings is 1. The molecule has 0 aliphatic carbocycles. The molecule has 2 N–H and O–H groups in total. The molecule has 2 amide bonds. The number of urea groups is 1. The number of amides is 2. The lowest BCUT2D eigenvalue weighted by molar-refractivity contribution is -0.158. The van der Waals surface area contributed by atoms with E-state index in [1.807, 2.05) is 34.6 Å². The minimum atomic E-state index is -4.91. The number of piperidine rings is 1. The molecule has 2 aliphatic rings. The van der Waals surface area contributed by atoms with Crippen LogP contribution in [0.4, 0.5) is 26.7 Å². The number of halogens is 5. The van der Waals surface area contributed by atoms with Gasteiger partial charge in [-0.05, 0) is 25.8 Å². The van der Waals surface area contributed by atoms with Crippen LogP contribution in [0, 0.1) is 18.6 Å². The Morgan fingerprint density at radius 2 is 1.97 bits per heavy atom. The van der Waals surface area contributed by atoms with Gasteiger partial charge in [0.2, 0.25) is 0 Å². The molecule has 0 saturated carbocycles. The highest BCUT2D eigenvalue weighted by Crippen LogP contribution is 2.39. The summed E-state index contributed by atoms with van der Waals surface area (Å²) < 4.78 is 73.9. The first kappa shape index (κ1) is 21.3. The van der Waals surface area contributed by atoms with Crippen LogP contribution in [0.5, 0.6) is 0 Å². The monoisotopic (exact) mass is 444 g/mol. The third-order valence-corrected chi connectivity index (χ3v) is 5.74. The summed E-state index contributed by atoms with van der Waals surface area (Å²) >= 11 is 0. The molecule has 6 nitrogen and oxygen atoms in total. The summed E-state index contributed by atoms with van der Waals surface area (Å²) in [7, 11) is 1.93. The van der Waals surface area contributed by atoms with Crippen LogP contribution >= 0.6 is 0 Å². The van der Waals surface area contributed by atoms with Crippen molar-refractivity contribution in [2.75, 3.05) is 13.6 Å². The van der Waals surface area contributed by atoms with Crippen molar-refractivity contribution in [3.63, 3.8) is 0 Å². The van der Waals surface area contributed by atoms with Gasteiger partial charge in [-0.1, -0.05) is 0 Å². The van der Waals surface area contributed by atoms with Crippen LogP contribution in [-0.4, -0.2) is 47.8 Å². The molecule has 2 aliphatic heterocycles. The van der Waals surface area contributed by atoms with Crippen molar-refractivity contribution in [3.05, 3.63) is 47.5 Å². The van der Waals surface area contributed by atoms with E-state index in [-0.39, 0.29) is 23.2 Å². The molecule has 11 heteroatoms. The standard InChI is InChI=1S/C20H21F5N4O2/c1-10-13-7-11(21)8-14(22)17(13)31-16(10)18(20(23,24)25)27-19(30)26-12-3-4-15-28(2)5-6-29(15)9-12/h5-8,12,15,18H,3-4,9H2,1-2H3,(H2,26,27,30)/t12?,15?,18-/m1/s1. The number of hydrogen-bond acceptors (Lipinski definition) is 4. The SMILES string of the molecule is Cc1c([C@@H](NC(=O)NC2CCC3N(C)C=CN3C2)C(F)(F)F)oc2c(F)cc(F)cc12. The van der Waals surface area contributed by atoms with Gasteiger partial charge in [-0.15, -0.1) is 0 Å². The Morgan fingerprint density at radius 3 is 2.68 bits per heavy atom. The summed E-state index contributed by atoms with van der Waals surface area (Å²) in [6, 6.07) is -2.46. The fraction of sp³-hybridized carbons (Fsp3) is 0.450. The van der Waals surface area contributed by atoms with E-state index in [4.69, 9.17) is 4.42 Å². The van der Waals surface area contributed by atoms with Gasteiger partial charge in [0.15, 0.2) is 17.4 Å². The van der Waals surface area contributed by atoms with Crippen LogP contribution in [0.1, 0.15) is 30.2 Å². The molecule has 1 aromatic carbocycles. The number of nitrogens with one attached hydrogen (secondary N) is 2. The number of carbonyl (C=O) groups excluding carboxylic acids is 1. The van der Waals surface area contributed by atoms with E-state index in [2.05, 4.69) is 5.32 Å². The lowest BCUT2D eigenvalue weighted by Gasteiger charge is -2.38. The molecular formula is C20H21F5N4O2. The highest BCUT2D eigenvalue weighted by Gasteiger charge is 2.46. The Bertz CT molecular complexity index is 1030. The predicted octanol–water partition coefficient (Wildman–Crippen LogP) is 4.13. The topological polar surface area (TPSA) is 60.8 Å². The normalized spacial score (nSPS) is 22.0. The van der Waals surface area contributed by atoms with Crippen molar-refractivity contribution in [2.24, 2.45) is 0 Å². The van der Waals surface area contributed by atoms with Gasteiger partial charge in [0, 0.05) is 49.1 Å². The predicted molar refractivity (Wildman–Crippen MR) is 102 cm³/mol. The highest BCUT2D eigenvalue weighted by molar-refractivity contribution is 5.83. The molecule has 1 saturated heterocycles. The van der Waals surface area contributed by atoms with E-state index in [0.29, 0.717) is 19.0 Å². The molecular weight excluding hydrogens is 423 g/mol. The average molecular weight is 444 g/mol. The Kier molecular flexibility index (Phi) is 5.22. The van der Waals surface area contributed by atoms with Crippen molar-refractivity contribution in [2.45, 2.75) is 44.2 Å². The average Bonchev–Trinajstić information content (AvgIpc) is 3.20. The largest absolute Gasteiger partial charge is 0.455 e. The molecule has 0 bridgehead atoms. The second-order valence-corrected chi connectivity index (χ2v) is 7.86. The van der Waals surface area contributed by atoms with Gasteiger partial charge >= 0.3 is 12.2 Å². The Morgan fingerprint density at radius 1 is 1.23 bits per heavy atom. The van der Waals surface area contributed by atoms with Gasteiger partial charge in [-0.25, -0.2) is 13.6 Å².